The Bertz CT molecular complexity index is 818. The molecule has 2 aliphatic rings. The van der Waals surface area contributed by atoms with Crippen LogP contribution in [0.5, 0.6) is 0 Å². The number of rotatable bonds is 8. The number of carbonyl (C=O) groups excluding carboxylic acids is 3. The zero-order chi connectivity index (χ0) is 23.3. The number of primary amides is 1. The van der Waals surface area contributed by atoms with Crippen LogP contribution < -0.4 is 11.1 Å². The summed E-state index contributed by atoms with van der Waals surface area (Å²) >= 11 is 0. The molecule has 0 spiro atoms. The first-order valence-electron chi connectivity index (χ1n) is 12.1. The highest BCUT2D eigenvalue weighted by Gasteiger charge is 2.27. The second-order valence-corrected chi connectivity index (χ2v) is 9.70. The molecule has 2 heterocycles. The van der Waals surface area contributed by atoms with Crippen molar-refractivity contribution in [1.29, 1.82) is 0 Å². The van der Waals surface area contributed by atoms with E-state index in [1.807, 2.05) is 16.4 Å². The van der Waals surface area contributed by atoms with Crippen LogP contribution in [-0.2, 0) is 6.54 Å². The van der Waals surface area contributed by atoms with Gasteiger partial charge in [-0.15, -0.1) is 0 Å². The van der Waals surface area contributed by atoms with E-state index < -0.39 is 5.91 Å². The highest BCUT2D eigenvalue weighted by atomic mass is 16.2. The summed E-state index contributed by atoms with van der Waals surface area (Å²) in [6, 6.07) is 1.97. The molecule has 1 aromatic rings. The maximum absolute atomic E-state index is 13.1. The van der Waals surface area contributed by atoms with Gasteiger partial charge in [-0.1, -0.05) is 33.1 Å². The lowest BCUT2D eigenvalue weighted by atomic mass is 9.96. The largest absolute Gasteiger partial charge is 0.366 e. The van der Waals surface area contributed by atoms with E-state index in [0.717, 1.165) is 25.0 Å². The van der Waals surface area contributed by atoms with E-state index in [0.29, 0.717) is 55.9 Å². The normalized spacial score (nSPS) is 18.2. The molecule has 2 fully saturated rings. The Hall–Kier alpha value is -2.35. The first kappa shape index (κ1) is 24.3. The molecule has 32 heavy (non-hydrogen) atoms. The summed E-state index contributed by atoms with van der Waals surface area (Å²) in [5, 5.41) is 3.17. The van der Waals surface area contributed by atoms with Crippen molar-refractivity contribution in [1.82, 2.24) is 19.7 Å². The van der Waals surface area contributed by atoms with Gasteiger partial charge in [0, 0.05) is 44.5 Å². The highest BCUT2D eigenvalue weighted by molar-refractivity contribution is 6.01. The van der Waals surface area contributed by atoms with E-state index >= 15 is 0 Å². The molecule has 178 valence electrons. The Morgan fingerprint density at radius 1 is 1.09 bits per heavy atom. The van der Waals surface area contributed by atoms with Crippen LogP contribution in [0.15, 0.2) is 6.07 Å². The molecule has 3 amide bonds. The summed E-state index contributed by atoms with van der Waals surface area (Å²) in [7, 11) is 0. The standard InChI is InChI=1S/C24H39N5O3/c1-17(2)9-10-29-18(3)20(23(25)31)15-21(29)22(30)16-27-11-13-28(14-12-27)24(32)26-19-7-5-4-6-8-19/h15,17,19H,4-14,16H2,1-3H3,(H2,25,31)(H,26,32). The van der Waals surface area contributed by atoms with Crippen LogP contribution in [0.1, 0.15) is 78.9 Å². The number of amides is 3. The SMILES string of the molecule is Cc1c(C(N)=O)cc(C(=O)CN2CCN(C(=O)NC3CCCCC3)CC2)n1CCC(C)C. The van der Waals surface area contributed by atoms with Gasteiger partial charge in [0.2, 0.25) is 0 Å². The number of ketones is 1. The first-order valence-corrected chi connectivity index (χ1v) is 12.1. The highest BCUT2D eigenvalue weighted by Crippen LogP contribution is 2.20. The van der Waals surface area contributed by atoms with Crippen LogP contribution in [0, 0.1) is 12.8 Å². The third-order valence-corrected chi connectivity index (χ3v) is 6.81. The molecule has 1 saturated heterocycles. The number of nitrogens with zero attached hydrogens (tertiary/aromatic N) is 3. The molecule has 1 aromatic heterocycles. The third-order valence-electron chi connectivity index (χ3n) is 6.81. The molecule has 1 saturated carbocycles. The summed E-state index contributed by atoms with van der Waals surface area (Å²) in [5.41, 5.74) is 7.25. The lowest BCUT2D eigenvalue weighted by molar-refractivity contribution is 0.0866. The quantitative estimate of drug-likeness (QED) is 0.601. The van der Waals surface area contributed by atoms with Crippen LogP contribution in [0.25, 0.3) is 0 Å². The molecule has 0 aromatic carbocycles. The van der Waals surface area contributed by atoms with Gasteiger partial charge in [-0.2, -0.15) is 0 Å². The molecule has 3 N–H and O–H groups in total. The smallest absolute Gasteiger partial charge is 0.317 e. The summed E-state index contributed by atoms with van der Waals surface area (Å²) in [4.78, 5) is 41.5. The Kier molecular flexibility index (Phi) is 8.34. The summed E-state index contributed by atoms with van der Waals surface area (Å²) < 4.78 is 1.94. The van der Waals surface area contributed by atoms with Gasteiger partial charge in [0.25, 0.3) is 5.91 Å². The lowest BCUT2D eigenvalue weighted by Gasteiger charge is -2.35. The fourth-order valence-electron chi connectivity index (χ4n) is 4.71. The molecule has 3 rings (SSSR count). The predicted octanol–water partition coefficient (Wildman–Crippen LogP) is 2.78. The van der Waals surface area contributed by atoms with E-state index in [9.17, 15) is 14.4 Å². The van der Waals surface area contributed by atoms with Gasteiger partial charge in [-0.3, -0.25) is 14.5 Å². The average Bonchev–Trinajstić information content (AvgIpc) is 3.10. The van der Waals surface area contributed by atoms with Gasteiger partial charge < -0.3 is 20.5 Å². The molecule has 8 heteroatoms. The zero-order valence-electron chi connectivity index (χ0n) is 19.9. The second kappa shape index (κ2) is 11.0. The molecule has 1 aliphatic heterocycles. The summed E-state index contributed by atoms with van der Waals surface area (Å²) in [6.07, 6.45) is 6.71. The minimum atomic E-state index is -0.502. The first-order chi connectivity index (χ1) is 15.3. The number of hydrogen-bond acceptors (Lipinski definition) is 4. The number of urea groups is 1. The van der Waals surface area contributed by atoms with Crippen LogP contribution >= 0.6 is 0 Å². The van der Waals surface area contributed by atoms with E-state index in [-0.39, 0.29) is 18.4 Å². The van der Waals surface area contributed by atoms with Gasteiger partial charge in [-0.25, -0.2) is 4.79 Å². The van der Waals surface area contributed by atoms with Crippen molar-refractivity contribution in [3.63, 3.8) is 0 Å². The fraction of sp³-hybridized carbons (Fsp3) is 0.708. The van der Waals surface area contributed by atoms with E-state index in [2.05, 4.69) is 24.1 Å². The van der Waals surface area contributed by atoms with Gasteiger partial charge in [0.15, 0.2) is 5.78 Å². The molecular formula is C24H39N5O3. The monoisotopic (exact) mass is 445 g/mol. The maximum Gasteiger partial charge on any atom is 0.317 e. The van der Waals surface area contributed by atoms with Gasteiger partial charge in [-0.05, 0) is 38.2 Å². The Morgan fingerprint density at radius 3 is 2.34 bits per heavy atom. The van der Waals surface area contributed by atoms with Crippen molar-refractivity contribution < 1.29 is 14.4 Å². The van der Waals surface area contributed by atoms with Gasteiger partial charge in [0.05, 0.1) is 17.8 Å². The lowest BCUT2D eigenvalue weighted by Crippen LogP contribution is -2.54. The molecule has 1 aliphatic carbocycles. The number of Topliss-reactive ketones (excluding diaryl/α,β-unsaturated/α-hetero) is 1. The number of piperazine rings is 1. The number of nitrogens with two attached hydrogens (primary N) is 1. The predicted molar refractivity (Wildman–Crippen MR) is 125 cm³/mol. The van der Waals surface area contributed by atoms with Crippen molar-refractivity contribution in [3.05, 3.63) is 23.0 Å². The topological polar surface area (TPSA) is 101 Å². The molecule has 0 radical (unpaired) electrons. The fourth-order valence-corrected chi connectivity index (χ4v) is 4.71. The number of nitrogens with one attached hydrogen (secondary N) is 1. The third kappa shape index (κ3) is 6.12. The Morgan fingerprint density at radius 2 is 1.75 bits per heavy atom. The minimum Gasteiger partial charge on any atom is -0.366 e. The zero-order valence-corrected chi connectivity index (χ0v) is 19.9. The minimum absolute atomic E-state index is 0.00976. The molecule has 0 bridgehead atoms. The maximum atomic E-state index is 13.1. The van der Waals surface area contributed by atoms with Crippen LogP contribution in [0.2, 0.25) is 0 Å². The van der Waals surface area contributed by atoms with Crippen LogP contribution in [-0.4, -0.2) is 70.9 Å². The average molecular weight is 446 g/mol. The van der Waals surface area contributed by atoms with Crippen LogP contribution in [0.3, 0.4) is 0 Å². The molecule has 8 nitrogen and oxygen atoms in total. The van der Waals surface area contributed by atoms with Crippen molar-refractivity contribution >= 4 is 17.7 Å². The number of hydrogen-bond donors (Lipinski definition) is 2. The number of carbonyl (C=O) groups is 3. The molecule has 0 unspecified atom stereocenters. The van der Waals surface area contributed by atoms with Crippen molar-refractivity contribution in [3.8, 4) is 0 Å². The van der Waals surface area contributed by atoms with Crippen molar-refractivity contribution in [2.45, 2.75) is 71.9 Å². The molecule has 0 atom stereocenters. The van der Waals surface area contributed by atoms with Gasteiger partial charge >= 0.3 is 6.03 Å². The van der Waals surface area contributed by atoms with E-state index in [1.54, 1.807) is 6.07 Å². The van der Waals surface area contributed by atoms with Crippen molar-refractivity contribution in [2.75, 3.05) is 32.7 Å². The van der Waals surface area contributed by atoms with E-state index in [1.165, 1.54) is 19.3 Å². The number of aromatic nitrogens is 1. The molecular weight excluding hydrogens is 406 g/mol. The Labute approximate surface area is 191 Å². The Balaban J connectivity index is 1.56. The van der Waals surface area contributed by atoms with Crippen LogP contribution in [0.4, 0.5) is 4.79 Å². The van der Waals surface area contributed by atoms with Crippen molar-refractivity contribution in [2.24, 2.45) is 11.7 Å². The van der Waals surface area contributed by atoms with E-state index in [4.69, 9.17) is 5.73 Å². The summed E-state index contributed by atoms with van der Waals surface area (Å²) in [5.74, 6) is -0.0217. The second-order valence-electron chi connectivity index (χ2n) is 9.70. The van der Waals surface area contributed by atoms with Gasteiger partial charge in [0.1, 0.15) is 0 Å². The summed E-state index contributed by atoms with van der Waals surface area (Å²) in [6.45, 7) is 9.65.